The Morgan fingerprint density at radius 2 is 1.53 bits per heavy atom. The molecule has 2 rings (SSSR count). The Hall–Kier alpha value is -4.71. The van der Waals surface area contributed by atoms with Crippen LogP contribution in [-0.4, -0.2) is 90.0 Å². The number of primary amides is 1. The summed E-state index contributed by atoms with van der Waals surface area (Å²) in [5.41, 5.74) is 5.22. The minimum atomic E-state index is -4.73. The van der Waals surface area contributed by atoms with Crippen molar-refractivity contribution in [1.29, 1.82) is 0 Å². The summed E-state index contributed by atoms with van der Waals surface area (Å²) >= 11 is 0. The molecule has 0 bridgehead atoms. The molecule has 0 spiro atoms. The first-order valence-corrected chi connectivity index (χ1v) is 22.0. The fourth-order valence-corrected chi connectivity index (χ4v) is 7.44. The molecule has 336 valence electrons. The molecule has 6 N–H and O–H groups in total. The molecule has 1 aliphatic rings. The van der Waals surface area contributed by atoms with Gasteiger partial charge in [-0.3, -0.25) is 43.0 Å². The lowest BCUT2D eigenvalue weighted by Crippen LogP contribution is -2.49. The quantitative estimate of drug-likeness (QED) is 0.0421. The number of nitrogens with two attached hydrogens (primary N) is 1. The molecule has 6 amide bonds. The largest absolute Gasteiger partial charge is 0.460 e. The number of nitrogens with zero attached hydrogens (tertiary/aromatic N) is 1. The third-order valence-electron chi connectivity index (χ3n) is 10.2. The van der Waals surface area contributed by atoms with Crippen LogP contribution in [0.15, 0.2) is 24.3 Å². The number of nitrogens with one attached hydrogen (secondary N) is 3. The van der Waals surface area contributed by atoms with Crippen LogP contribution in [0.5, 0.6) is 0 Å². The molecule has 60 heavy (non-hydrogen) atoms. The zero-order valence-corrected chi connectivity index (χ0v) is 37.1. The smallest absolute Gasteiger partial charge is 0.312 e. The molecule has 1 saturated heterocycles. The summed E-state index contributed by atoms with van der Waals surface area (Å²) in [5.74, 6) is -7.71. The lowest BCUT2D eigenvalue weighted by atomic mass is 9.80. The van der Waals surface area contributed by atoms with Crippen LogP contribution in [-0.2, 0) is 55.0 Å². The van der Waals surface area contributed by atoms with Crippen molar-refractivity contribution in [1.82, 2.24) is 15.5 Å². The third-order valence-corrected chi connectivity index (χ3v) is 11.1. The molecule has 18 heteroatoms. The highest BCUT2D eigenvalue weighted by atomic mass is 32.2. The summed E-state index contributed by atoms with van der Waals surface area (Å²) in [5, 5.41) is 7.77. The monoisotopic (exact) mass is 863 g/mol. The Morgan fingerprint density at radius 1 is 0.900 bits per heavy atom. The van der Waals surface area contributed by atoms with Crippen molar-refractivity contribution in [2.75, 3.05) is 24.2 Å². The zero-order valence-electron chi connectivity index (χ0n) is 36.3. The number of Topliss-reactive ketones (excluding diaryl/α,β-unsaturated/α-hetero) is 2. The van der Waals surface area contributed by atoms with Crippen LogP contribution in [0.3, 0.4) is 0 Å². The summed E-state index contributed by atoms with van der Waals surface area (Å²) < 4.78 is 38.9. The number of amides is 6. The molecule has 1 aromatic carbocycles. The lowest BCUT2D eigenvalue weighted by Gasteiger charge is -2.26. The molecule has 1 heterocycles. The van der Waals surface area contributed by atoms with Gasteiger partial charge in [0.2, 0.25) is 23.6 Å². The Morgan fingerprint density at radius 3 is 2.07 bits per heavy atom. The van der Waals surface area contributed by atoms with Gasteiger partial charge in [-0.1, -0.05) is 53.2 Å². The van der Waals surface area contributed by atoms with E-state index in [-0.39, 0.29) is 75.0 Å². The first-order chi connectivity index (χ1) is 27.7. The van der Waals surface area contributed by atoms with Crippen LogP contribution in [0.1, 0.15) is 119 Å². The molecule has 1 aromatic rings. The number of likely N-dealkylation sites (tertiary alicyclic amines) is 1. The maximum atomic E-state index is 13.8. The summed E-state index contributed by atoms with van der Waals surface area (Å²) in [7, 11) is -4.73. The van der Waals surface area contributed by atoms with Gasteiger partial charge in [0.25, 0.3) is 10.1 Å². The lowest BCUT2D eigenvalue weighted by molar-refractivity contribution is -0.154. The highest BCUT2D eigenvalue weighted by Gasteiger charge is 2.44. The predicted octanol–water partition coefficient (Wildman–Crippen LogP) is 4.32. The van der Waals surface area contributed by atoms with Crippen LogP contribution in [0.2, 0.25) is 0 Å². The van der Waals surface area contributed by atoms with E-state index in [1.807, 2.05) is 20.8 Å². The maximum Gasteiger partial charge on any atom is 0.312 e. The van der Waals surface area contributed by atoms with Gasteiger partial charge in [0.05, 0.1) is 29.0 Å². The second-order valence-electron chi connectivity index (χ2n) is 18.0. The van der Waals surface area contributed by atoms with Gasteiger partial charge in [0.1, 0.15) is 12.4 Å². The van der Waals surface area contributed by atoms with Gasteiger partial charge in [-0.2, -0.15) is 8.42 Å². The summed E-state index contributed by atoms with van der Waals surface area (Å²) in [6.45, 7) is 14.6. The molecule has 1 aliphatic heterocycles. The number of urea groups is 1. The van der Waals surface area contributed by atoms with E-state index in [0.717, 1.165) is 0 Å². The van der Waals surface area contributed by atoms with Gasteiger partial charge < -0.3 is 26.4 Å². The van der Waals surface area contributed by atoms with Gasteiger partial charge in [0.15, 0.2) is 5.78 Å². The van der Waals surface area contributed by atoms with E-state index < -0.39 is 86.8 Å². The van der Waals surface area contributed by atoms with Gasteiger partial charge >= 0.3 is 12.0 Å². The van der Waals surface area contributed by atoms with Crippen molar-refractivity contribution < 1.29 is 56.1 Å². The number of anilines is 1. The van der Waals surface area contributed by atoms with Crippen molar-refractivity contribution in [2.45, 2.75) is 126 Å². The fourth-order valence-electron chi connectivity index (χ4n) is 6.66. The minimum absolute atomic E-state index is 0.0247. The molecule has 1 unspecified atom stereocenters. The molecule has 0 aromatic heterocycles. The third kappa shape index (κ3) is 17.9. The van der Waals surface area contributed by atoms with Crippen molar-refractivity contribution in [3.63, 3.8) is 0 Å². The molecular formula is C42H65N5O12S. The summed E-state index contributed by atoms with van der Waals surface area (Å²) in [4.78, 5) is 104. The highest BCUT2D eigenvalue weighted by molar-refractivity contribution is 7.85. The van der Waals surface area contributed by atoms with Crippen LogP contribution in [0.4, 0.5) is 10.5 Å². The topological polar surface area (TPSA) is 266 Å². The first-order valence-electron chi connectivity index (χ1n) is 20.4. The molecular weight excluding hydrogens is 799 g/mol. The van der Waals surface area contributed by atoms with Gasteiger partial charge in [-0.05, 0) is 75.5 Å². The van der Waals surface area contributed by atoms with Crippen molar-refractivity contribution >= 4 is 63.0 Å². The second kappa shape index (κ2) is 22.8. The van der Waals surface area contributed by atoms with E-state index >= 15 is 0 Å². The van der Waals surface area contributed by atoms with Gasteiger partial charge in [0, 0.05) is 50.4 Å². The normalized spacial score (nSPS) is 16.2. The fraction of sp³-hybridized carbons (Fsp3) is 0.667. The Kier molecular flexibility index (Phi) is 19.5. The first kappa shape index (κ1) is 51.4. The van der Waals surface area contributed by atoms with E-state index in [1.165, 1.54) is 4.90 Å². The molecule has 0 radical (unpaired) electrons. The standard InChI is InChI=1S/C42H65N5O12S/c1-26(2)35(33(49)22-28(13-12-19-44-40(43)55)36(51)45-30-17-15-27(16-18-30)24-59-39(54)42(6,7)8)46-37(52)29(25-60(56,57)58)21-31(48)14-10-9-11-20-47-34(50)23-32(38(47)53)41(3,4)5/h15-18,26,28-29,32,35H,9-14,19-25H2,1-8H3,(H,45,51)(H,46,52)(H3,43,44,55)(H,56,57,58)/t28-,29+,32?,35+/m1/s1. The Bertz CT molecular complexity index is 1820. The number of benzene rings is 1. The SMILES string of the molecule is CC(C)[C@H](NC(=O)[C@@H](CC(=O)CCCCCN1C(=O)CC(C(C)(C)C)C1=O)CS(=O)(=O)O)C(=O)C[C@@H](CCCNC(N)=O)C(=O)Nc1ccc(COC(=O)C(C)(C)C)cc1. The average molecular weight is 864 g/mol. The number of carbonyl (C=O) groups is 8. The molecule has 0 aliphatic carbocycles. The molecule has 17 nitrogen and oxygen atoms in total. The van der Waals surface area contributed by atoms with E-state index in [2.05, 4.69) is 16.0 Å². The number of ketones is 2. The second-order valence-corrected chi connectivity index (χ2v) is 19.5. The Labute approximate surface area is 353 Å². The van der Waals surface area contributed by atoms with Crippen LogP contribution >= 0.6 is 0 Å². The van der Waals surface area contributed by atoms with E-state index in [0.29, 0.717) is 30.5 Å². The van der Waals surface area contributed by atoms with E-state index in [9.17, 15) is 51.3 Å². The molecule has 0 saturated carbocycles. The number of hydrogen-bond acceptors (Lipinski definition) is 11. The molecule has 4 atom stereocenters. The predicted molar refractivity (Wildman–Crippen MR) is 223 cm³/mol. The van der Waals surface area contributed by atoms with Crippen LogP contribution < -0.4 is 21.7 Å². The number of hydrogen-bond donors (Lipinski definition) is 5. The van der Waals surface area contributed by atoms with E-state index in [4.69, 9.17) is 10.5 Å². The number of imide groups is 1. The average Bonchev–Trinajstić information content (AvgIpc) is 3.42. The van der Waals surface area contributed by atoms with Gasteiger partial charge in [-0.15, -0.1) is 0 Å². The van der Waals surface area contributed by atoms with Crippen LogP contribution in [0.25, 0.3) is 0 Å². The summed E-state index contributed by atoms with van der Waals surface area (Å²) in [6, 6.07) is 4.61. The van der Waals surface area contributed by atoms with Crippen molar-refractivity contribution in [2.24, 2.45) is 40.2 Å². The minimum Gasteiger partial charge on any atom is -0.460 e. The van der Waals surface area contributed by atoms with Crippen molar-refractivity contribution in [3.05, 3.63) is 29.8 Å². The van der Waals surface area contributed by atoms with Crippen LogP contribution in [0, 0.1) is 34.5 Å². The number of unbranched alkanes of at least 4 members (excludes halogenated alkanes) is 2. The maximum absolute atomic E-state index is 13.8. The summed E-state index contributed by atoms with van der Waals surface area (Å²) in [6.07, 6.45) is 0.951. The number of rotatable bonds is 24. The van der Waals surface area contributed by atoms with Crippen molar-refractivity contribution in [3.8, 4) is 0 Å². The Balaban J connectivity index is 2.08. The highest BCUT2D eigenvalue weighted by Crippen LogP contribution is 2.35. The zero-order chi connectivity index (χ0) is 45.6. The number of ether oxygens (including phenoxy) is 1. The number of esters is 1. The van der Waals surface area contributed by atoms with Gasteiger partial charge in [-0.25, -0.2) is 4.79 Å². The number of carbonyl (C=O) groups excluding carboxylic acids is 8. The van der Waals surface area contributed by atoms with E-state index in [1.54, 1.807) is 58.9 Å². The molecule has 1 fully saturated rings.